The lowest BCUT2D eigenvalue weighted by atomic mass is 10.0. The minimum atomic E-state index is -1.03. The summed E-state index contributed by atoms with van der Waals surface area (Å²) >= 11 is 6.44. The van der Waals surface area contributed by atoms with Gasteiger partial charge in [0.2, 0.25) is 0 Å². The predicted octanol–water partition coefficient (Wildman–Crippen LogP) is 2.40. The molecule has 1 aliphatic rings. The third-order valence-corrected chi connectivity index (χ3v) is 4.21. The van der Waals surface area contributed by atoms with Gasteiger partial charge >= 0.3 is 6.09 Å². The van der Waals surface area contributed by atoms with Crippen LogP contribution in [0.25, 0.3) is 11.1 Å². The number of carbonyl (C=O) groups is 2. The Morgan fingerprint density at radius 1 is 1.18 bits per heavy atom. The van der Waals surface area contributed by atoms with Gasteiger partial charge in [-0.25, -0.2) is 4.79 Å². The molecule has 1 aromatic carbocycles. The largest absolute Gasteiger partial charge is 0.465 e. The number of rotatable bonds is 2. The van der Waals surface area contributed by atoms with Crippen LogP contribution in [0.3, 0.4) is 0 Å². The first-order chi connectivity index (χ1) is 10.5. The first-order valence-electron chi connectivity index (χ1n) is 6.74. The number of nitrogens with zero attached hydrogens (tertiary/aromatic N) is 2. The molecule has 7 heteroatoms. The molecular weight excluding hydrogens is 306 g/mol. The summed E-state index contributed by atoms with van der Waals surface area (Å²) in [7, 11) is 0. The number of carbonyl (C=O) groups excluding carboxylic acids is 1. The maximum Gasteiger partial charge on any atom is 0.407 e. The van der Waals surface area contributed by atoms with Crippen molar-refractivity contribution in [2.45, 2.75) is 13.1 Å². The maximum absolute atomic E-state index is 11.9. The van der Waals surface area contributed by atoms with E-state index in [9.17, 15) is 9.59 Å². The maximum atomic E-state index is 11.9. The standard InChI is InChI=1S/C15H14ClN3O3/c16-13-11(9-4-2-1-3-5-9)12(14(17)20)10-8-18(15(21)22)6-7-19(10)13/h1-5H,6-8H2,(H2,17,20)(H,21,22). The Labute approximate surface area is 131 Å². The number of halogens is 1. The molecular formula is C15H14ClN3O3. The third-order valence-electron chi connectivity index (χ3n) is 3.82. The summed E-state index contributed by atoms with van der Waals surface area (Å²) in [6, 6.07) is 9.24. The Morgan fingerprint density at radius 2 is 1.86 bits per heavy atom. The molecule has 0 unspecified atom stereocenters. The normalized spacial score (nSPS) is 13.8. The lowest BCUT2D eigenvalue weighted by Gasteiger charge is -2.27. The second-order valence-electron chi connectivity index (χ2n) is 5.07. The number of aromatic nitrogens is 1. The van der Waals surface area contributed by atoms with Gasteiger partial charge in [-0.3, -0.25) is 4.79 Å². The van der Waals surface area contributed by atoms with E-state index in [-0.39, 0.29) is 6.54 Å². The van der Waals surface area contributed by atoms with Crippen molar-refractivity contribution in [2.75, 3.05) is 6.54 Å². The lowest BCUT2D eigenvalue weighted by Crippen LogP contribution is -2.38. The van der Waals surface area contributed by atoms with Crippen LogP contribution in [0.4, 0.5) is 4.79 Å². The van der Waals surface area contributed by atoms with E-state index in [1.165, 1.54) is 4.90 Å². The van der Waals surface area contributed by atoms with E-state index < -0.39 is 12.0 Å². The first kappa shape index (κ1) is 14.5. The Balaban J connectivity index is 2.21. The molecule has 0 saturated heterocycles. The van der Waals surface area contributed by atoms with Gasteiger partial charge in [-0.15, -0.1) is 0 Å². The van der Waals surface area contributed by atoms with Crippen molar-refractivity contribution in [3.63, 3.8) is 0 Å². The Bertz CT molecular complexity index is 755. The molecule has 1 aromatic heterocycles. The van der Waals surface area contributed by atoms with Crippen LogP contribution >= 0.6 is 11.6 Å². The average Bonchev–Trinajstić information content (AvgIpc) is 2.80. The fourth-order valence-corrected chi connectivity index (χ4v) is 3.20. The number of amides is 2. The van der Waals surface area contributed by atoms with Crippen LogP contribution < -0.4 is 5.73 Å². The van der Waals surface area contributed by atoms with Gasteiger partial charge in [0.25, 0.3) is 5.91 Å². The van der Waals surface area contributed by atoms with E-state index in [1.807, 2.05) is 30.3 Å². The zero-order valence-corrected chi connectivity index (χ0v) is 12.4. The smallest absolute Gasteiger partial charge is 0.407 e. The van der Waals surface area contributed by atoms with E-state index >= 15 is 0 Å². The predicted molar refractivity (Wildman–Crippen MR) is 81.8 cm³/mol. The van der Waals surface area contributed by atoms with Crippen molar-refractivity contribution in [3.8, 4) is 11.1 Å². The minimum absolute atomic E-state index is 0.0974. The van der Waals surface area contributed by atoms with Crippen molar-refractivity contribution in [1.82, 2.24) is 9.47 Å². The number of primary amides is 1. The van der Waals surface area contributed by atoms with Gasteiger partial charge < -0.3 is 20.3 Å². The number of hydrogen-bond acceptors (Lipinski definition) is 2. The monoisotopic (exact) mass is 319 g/mol. The molecule has 0 bridgehead atoms. The van der Waals surface area contributed by atoms with Crippen molar-refractivity contribution in [1.29, 1.82) is 0 Å². The lowest BCUT2D eigenvalue weighted by molar-refractivity contribution is 0.0993. The number of nitrogens with two attached hydrogens (primary N) is 1. The topological polar surface area (TPSA) is 88.6 Å². The average molecular weight is 320 g/mol. The summed E-state index contributed by atoms with van der Waals surface area (Å²) in [6.07, 6.45) is -1.03. The summed E-state index contributed by atoms with van der Waals surface area (Å²) < 4.78 is 1.77. The summed E-state index contributed by atoms with van der Waals surface area (Å²) in [4.78, 5) is 24.4. The van der Waals surface area contributed by atoms with E-state index in [2.05, 4.69) is 0 Å². The zero-order valence-electron chi connectivity index (χ0n) is 11.6. The van der Waals surface area contributed by atoms with Crippen LogP contribution in [0.15, 0.2) is 30.3 Å². The van der Waals surface area contributed by atoms with Crippen LogP contribution in [-0.2, 0) is 13.1 Å². The van der Waals surface area contributed by atoms with E-state index in [0.29, 0.717) is 35.1 Å². The highest BCUT2D eigenvalue weighted by molar-refractivity contribution is 6.33. The van der Waals surface area contributed by atoms with Crippen LogP contribution in [-0.4, -0.2) is 33.1 Å². The van der Waals surface area contributed by atoms with Crippen molar-refractivity contribution < 1.29 is 14.7 Å². The van der Waals surface area contributed by atoms with Gasteiger partial charge in [0.1, 0.15) is 5.15 Å². The van der Waals surface area contributed by atoms with Gasteiger partial charge in [-0.2, -0.15) is 0 Å². The summed E-state index contributed by atoms with van der Waals surface area (Å²) in [5.74, 6) is -0.609. The highest BCUT2D eigenvalue weighted by atomic mass is 35.5. The van der Waals surface area contributed by atoms with Gasteiger partial charge in [-0.05, 0) is 5.56 Å². The van der Waals surface area contributed by atoms with Crippen LogP contribution in [0, 0.1) is 0 Å². The SMILES string of the molecule is NC(=O)c1c(-c2ccccc2)c(Cl)n2c1CN(C(=O)O)CC2. The molecule has 0 atom stereocenters. The van der Waals surface area contributed by atoms with E-state index in [1.54, 1.807) is 4.57 Å². The van der Waals surface area contributed by atoms with Crippen LogP contribution in [0.1, 0.15) is 16.1 Å². The molecule has 0 saturated carbocycles. The second-order valence-corrected chi connectivity index (χ2v) is 5.43. The summed E-state index contributed by atoms with van der Waals surface area (Å²) in [5.41, 5.74) is 7.72. The van der Waals surface area contributed by atoms with Gasteiger partial charge in [0, 0.05) is 18.7 Å². The molecule has 2 aromatic rings. The summed E-state index contributed by atoms with van der Waals surface area (Å²) in [5, 5.41) is 9.57. The number of benzene rings is 1. The highest BCUT2D eigenvalue weighted by Gasteiger charge is 2.31. The van der Waals surface area contributed by atoms with Crippen LogP contribution in [0.5, 0.6) is 0 Å². The minimum Gasteiger partial charge on any atom is -0.465 e. The fourth-order valence-electron chi connectivity index (χ4n) is 2.81. The fraction of sp³-hybridized carbons (Fsp3) is 0.200. The molecule has 3 rings (SSSR count). The number of carboxylic acid groups (broad SMARTS) is 1. The number of fused-ring (bicyclic) bond motifs is 1. The third kappa shape index (κ3) is 2.21. The molecule has 0 radical (unpaired) electrons. The molecule has 0 fully saturated rings. The van der Waals surface area contributed by atoms with Crippen molar-refractivity contribution in [2.24, 2.45) is 5.73 Å². The number of hydrogen-bond donors (Lipinski definition) is 2. The zero-order chi connectivity index (χ0) is 15.9. The molecule has 2 amide bonds. The van der Waals surface area contributed by atoms with Crippen molar-refractivity contribution >= 4 is 23.6 Å². The Kier molecular flexibility index (Phi) is 3.54. The molecule has 114 valence electrons. The molecule has 22 heavy (non-hydrogen) atoms. The van der Waals surface area contributed by atoms with Gasteiger partial charge in [0.15, 0.2) is 0 Å². The first-order valence-corrected chi connectivity index (χ1v) is 7.12. The van der Waals surface area contributed by atoms with E-state index in [0.717, 1.165) is 5.56 Å². The molecule has 3 N–H and O–H groups in total. The molecule has 0 aliphatic carbocycles. The molecule has 0 spiro atoms. The van der Waals surface area contributed by atoms with Crippen LogP contribution in [0.2, 0.25) is 5.15 Å². The Hall–Kier alpha value is -2.47. The highest BCUT2D eigenvalue weighted by Crippen LogP contribution is 2.38. The van der Waals surface area contributed by atoms with Gasteiger partial charge in [-0.1, -0.05) is 41.9 Å². The quantitative estimate of drug-likeness (QED) is 0.890. The second kappa shape index (κ2) is 5.38. The van der Waals surface area contributed by atoms with Gasteiger partial charge in [0.05, 0.1) is 17.8 Å². The van der Waals surface area contributed by atoms with E-state index in [4.69, 9.17) is 22.4 Å². The van der Waals surface area contributed by atoms with Crippen molar-refractivity contribution in [3.05, 3.63) is 46.7 Å². The molecule has 2 heterocycles. The Morgan fingerprint density at radius 3 is 2.45 bits per heavy atom. The summed E-state index contributed by atoms with van der Waals surface area (Å²) in [6.45, 7) is 0.816. The molecule has 6 nitrogen and oxygen atoms in total. The molecule has 1 aliphatic heterocycles.